The minimum atomic E-state index is -0.920. The van der Waals surface area contributed by atoms with Crippen LogP contribution < -0.4 is 11.1 Å². The number of aromatic nitrogens is 1. The molecule has 1 fully saturated rings. The molecule has 0 saturated carbocycles. The van der Waals surface area contributed by atoms with E-state index in [1.54, 1.807) is 0 Å². The first-order valence-electron chi connectivity index (χ1n) is 6.40. The number of nitrogens with two attached hydrogens (primary N) is 1. The van der Waals surface area contributed by atoms with Crippen LogP contribution in [-0.4, -0.2) is 40.7 Å². The quantitative estimate of drug-likeness (QED) is 0.536. The number of carbonyl (C=O) groups is 1. The molecule has 1 aromatic heterocycles. The lowest BCUT2D eigenvalue weighted by atomic mass is 9.80. The molecule has 0 aliphatic carbocycles. The number of carboxylic acids is 1. The van der Waals surface area contributed by atoms with Gasteiger partial charge in [0.05, 0.1) is 10.3 Å². The zero-order chi connectivity index (χ0) is 15.5. The van der Waals surface area contributed by atoms with E-state index in [0.29, 0.717) is 31.9 Å². The number of anilines is 2. The number of pyridine rings is 1. The second-order valence-electron chi connectivity index (χ2n) is 4.91. The van der Waals surface area contributed by atoms with Gasteiger partial charge in [0.2, 0.25) is 5.82 Å². The Balaban J connectivity index is 2.09. The number of carboxylic acid groups (broad SMARTS) is 1. The highest BCUT2D eigenvalue weighted by molar-refractivity contribution is 5.75. The second-order valence-corrected chi connectivity index (χ2v) is 4.91. The molecule has 0 bridgehead atoms. The molecular weight excluding hydrogens is 280 g/mol. The first kappa shape index (κ1) is 15.0. The fourth-order valence-corrected chi connectivity index (χ4v) is 2.21. The van der Waals surface area contributed by atoms with Gasteiger partial charge in [-0.15, -0.1) is 0 Å². The number of nitrogen functional groups attached to an aromatic ring is 1. The van der Waals surface area contributed by atoms with Crippen LogP contribution in [0.25, 0.3) is 0 Å². The van der Waals surface area contributed by atoms with Gasteiger partial charge in [0.1, 0.15) is 5.82 Å². The number of nitro groups is 1. The third-order valence-electron chi connectivity index (χ3n) is 3.61. The third kappa shape index (κ3) is 3.19. The molecule has 9 heteroatoms. The summed E-state index contributed by atoms with van der Waals surface area (Å²) in [5, 5.41) is 23.0. The van der Waals surface area contributed by atoms with E-state index >= 15 is 0 Å². The molecule has 0 atom stereocenters. The second kappa shape index (κ2) is 5.92. The molecular formula is C12H16N4O5. The molecule has 114 valence electrons. The minimum Gasteiger partial charge on any atom is -0.481 e. The van der Waals surface area contributed by atoms with Gasteiger partial charge in [-0.3, -0.25) is 14.9 Å². The van der Waals surface area contributed by atoms with Crippen molar-refractivity contribution >= 4 is 23.3 Å². The van der Waals surface area contributed by atoms with Crippen molar-refractivity contribution in [3.05, 3.63) is 22.2 Å². The summed E-state index contributed by atoms with van der Waals surface area (Å²) in [5.41, 5.74) is 4.30. The largest absolute Gasteiger partial charge is 0.481 e. The van der Waals surface area contributed by atoms with Gasteiger partial charge in [-0.05, 0) is 18.9 Å². The Morgan fingerprint density at radius 2 is 2.19 bits per heavy atom. The molecule has 4 N–H and O–H groups in total. The van der Waals surface area contributed by atoms with Crippen molar-refractivity contribution in [1.82, 2.24) is 4.98 Å². The first-order chi connectivity index (χ1) is 9.94. The molecule has 1 aliphatic heterocycles. The number of hydrogen-bond donors (Lipinski definition) is 3. The van der Waals surface area contributed by atoms with Crippen molar-refractivity contribution in [2.75, 3.05) is 30.8 Å². The smallest absolute Gasteiger partial charge is 0.311 e. The van der Waals surface area contributed by atoms with E-state index in [-0.39, 0.29) is 18.1 Å². The summed E-state index contributed by atoms with van der Waals surface area (Å²) >= 11 is 0. The van der Waals surface area contributed by atoms with Crippen LogP contribution in [-0.2, 0) is 9.53 Å². The molecule has 2 heterocycles. The van der Waals surface area contributed by atoms with Gasteiger partial charge in [-0.25, -0.2) is 4.98 Å². The summed E-state index contributed by atoms with van der Waals surface area (Å²) in [6, 6.07) is 2.64. The summed E-state index contributed by atoms with van der Waals surface area (Å²) in [4.78, 5) is 25.4. The molecule has 0 aromatic carbocycles. The van der Waals surface area contributed by atoms with E-state index in [9.17, 15) is 20.0 Å². The average molecular weight is 296 g/mol. The fraction of sp³-hybridized carbons (Fsp3) is 0.500. The zero-order valence-electron chi connectivity index (χ0n) is 11.2. The lowest BCUT2D eigenvalue weighted by molar-refractivity contribution is -0.384. The third-order valence-corrected chi connectivity index (χ3v) is 3.61. The lowest BCUT2D eigenvalue weighted by Crippen LogP contribution is -2.42. The molecule has 2 rings (SSSR count). The molecule has 0 unspecified atom stereocenters. The van der Waals surface area contributed by atoms with Crippen LogP contribution in [0.2, 0.25) is 0 Å². The maximum absolute atomic E-state index is 11.5. The molecule has 0 spiro atoms. The van der Waals surface area contributed by atoms with Crippen molar-refractivity contribution in [2.45, 2.75) is 12.8 Å². The van der Waals surface area contributed by atoms with E-state index < -0.39 is 16.3 Å². The minimum absolute atomic E-state index is 0.163. The average Bonchev–Trinajstić information content (AvgIpc) is 2.45. The Kier molecular flexibility index (Phi) is 4.22. The van der Waals surface area contributed by atoms with Crippen LogP contribution in [0.3, 0.4) is 0 Å². The van der Waals surface area contributed by atoms with Crippen molar-refractivity contribution in [1.29, 1.82) is 0 Å². The van der Waals surface area contributed by atoms with Crippen LogP contribution in [0.1, 0.15) is 12.8 Å². The van der Waals surface area contributed by atoms with Crippen molar-refractivity contribution in [2.24, 2.45) is 5.41 Å². The number of nitrogens with zero attached hydrogens (tertiary/aromatic N) is 2. The maximum atomic E-state index is 11.5. The van der Waals surface area contributed by atoms with Gasteiger partial charge in [-0.1, -0.05) is 0 Å². The predicted molar refractivity (Wildman–Crippen MR) is 73.9 cm³/mol. The van der Waals surface area contributed by atoms with Crippen molar-refractivity contribution in [3.63, 3.8) is 0 Å². The van der Waals surface area contributed by atoms with Crippen LogP contribution in [0.15, 0.2) is 12.1 Å². The van der Waals surface area contributed by atoms with Crippen molar-refractivity contribution in [3.8, 4) is 0 Å². The number of hydrogen-bond acceptors (Lipinski definition) is 7. The zero-order valence-corrected chi connectivity index (χ0v) is 11.2. The molecule has 0 amide bonds. The molecule has 1 aliphatic rings. The van der Waals surface area contributed by atoms with Crippen LogP contribution in [0.5, 0.6) is 0 Å². The maximum Gasteiger partial charge on any atom is 0.311 e. The number of rotatable bonds is 5. The highest BCUT2D eigenvalue weighted by Gasteiger charge is 2.40. The Morgan fingerprint density at radius 1 is 1.52 bits per heavy atom. The summed E-state index contributed by atoms with van der Waals surface area (Å²) in [5.74, 6) is -0.792. The summed E-state index contributed by atoms with van der Waals surface area (Å²) in [6.07, 6.45) is 0.801. The Labute approximate surface area is 120 Å². The topological polar surface area (TPSA) is 141 Å². The monoisotopic (exact) mass is 296 g/mol. The molecule has 1 aromatic rings. The molecule has 9 nitrogen and oxygen atoms in total. The SMILES string of the molecule is Nc1nc(NCC2(C(=O)O)CCOCC2)ccc1[N+](=O)[O-]. The lowest BCUT2D eigenvalue weighted by Gasteiger charge is -2.33. The molecule has 1 saturated heterocycles. The van der Waals surface area contributed by atoms with E-state index in [0.717, 1.165) is 0 Å². The van der Waals surface area contributed by atoms with Crippen LogP contribution in [0, 0.1) is 15.5 Å². The number of nitrogens with one attached hydrogen (secondary N) is 1. The molecule has 0 radical (unpaired) electrons. The Morgan fingerprint density at radius 3 is 2.71 bits per heavy atom. The Hall–Kier alpha value is -2.42. The summed E-state index contributed by atoms with van der Waals surface area (Å²) in [6.45, 7) is 0.948. The van der Waals surface area contributed by atoms with E-state index in [1.807, 2.05) is 0 Å². The van der Waals surface area contributed by atoms with Gasteiger partial charge in [0.15, 0.2) is 0 Å². The van der Waals surface area contributed by atoms with E-state index in [4.69, 9.17) is 10.5 Å². The highest BCUT2D eigenvalue weighted by Crippen LogP contribution is 2.31. The Bertz CT molecular complexity index is 557. The summed E-state index contributed by atoms with van der Waals surface area (Å²) in [7, 11) is 0. The summed E-state index contributed by atoms with van der Waals surface area (Å²) < 4.78 is 5.19. The van der Waals surface area contributed by atoms with Gasteiger partial charge in [-0.2, -0.15) is 0 Å². The standard InChI is InChI=1S/C12H16N4O5/c13-10-8(16(19)20)1-2-9(15-10)14-7-12(11(17)18)3-5-21-6-4-12/h1-2H,3-7H2,(H,17,18)(H3,13,14,15). The number of ether oxygens (including phenoxy) is 1. The van der Waals surface area contributed by atoms with Gasteiger partial charge in [0.25, 0.3) is 0 Å². The highest BCUT2D eigenvalue weighted by atomic mass is 16.6. The number of aliphatic carboxylic acids is 1. The van der Waals surface area contributed by atoms with E-state index in [2.05, 4.69) is 10.3 Å². The van der Waals surface area contributed by atoms with Gasteiger partial charge < -0.3 is 20.9 Å². The van der Waals surface area contributed by atoms with Gasteiger partial charge >= 0.3 is 11.7 Å². The van der Waals surface area contributed by atoms with E-state index in [1.165, 1.54) is 12.1 Å². The predicted octanol–water partition coefficient (Wildman–Crippen LogP) is 0.865. The van der Waals surface area contributed by atoms with Crippen molar-refractivity contribution < 1.29 is 19.6 Å². The van der Waals surface area contributed by atoms with Crippen LogP contribution >= 0.6 is 0 Å². The normalized spacial score (nSPS) is 17.1. The fourth-order valence-electron chi connectivity index (χ4n) is 2.21. The first-order valence-corrected chi connectivity index (χ1v) is 6.40. The molecule has 21 heavy (non-hydrogen) atoms. The van der Waals surface area contributed by atoms with Crippen LogP contribution in [0.4, 0.5) is 17.3 Å². The van der Waals surface area contributed by atoms with Gasteiger partial charge in [0, 0.05) is 25.8 Å².